The van der Waals surface area contributed by atoms with Gasteiger partial charge in [0, 0.05) is 19.0 Å². The van der Waals surface area contributed by atoms with Crippen LogP contribution in [0.3, 0.4) is 0 Å². The summed E-state index contributed by atoms with van der Waals surface area (Å²) < 4.78 is 0. The lowest BCUT2D eigenvalue weighted by molar-refractivity contribution is 0.221. The molecule has 1 N–H and O–H groups in total. The van der Waals surface area contributed by atoms with Gasteiger partial charge < -0.3 is 4.90 Å². The van der Waals surface area contributed by atoms with Gasteiger partial charge in [-0.25, -0.2) is 0 Å². The zero-order valence-electron chi connectivity index (χ0n) is 6.27. The zero-order valence-corrected chi connectivity index (χ0v) is 6.27. The van der Waals surface area contributed by atoms with Crippen molar-refractivity contribution < 1.29 is 0 Å². The molecule has 1 saturated carbocycles. The Hall–Kier alpha value is -0.530. The van der Waals surface area contributed by atoms with Gasteiger partial charge in [-0.1, -0.05) is 0 Å². The highest BCUT2D eigenvalue weighted by Gasteiger charge is 2.29. The van der Waals surface area contributed by atoms with Crippen LogP contribution in [0.2, 0.25) is 0 Å². The van der Waals surface area contributed by atoms with Gasteiger partial charge in [0.25, 0.3) is 0 Å². The van der Waals surface area contributed by atoms with Crippen LogP contribution in [-0.4, -0.2) is 23.3 Å². The summed E-state index contributed by atoms with van der Waals surface area (Å²) in [5.74, 6) is 0.893. The highest BCUT2D eigenvalue weighted by atomic mass is 15.2. The van der Waals surface area contributed by atoms with Crippen molar-refractivity contribution >= 4 is 5.84 Å². The Morgan fingerprint density at radius 2 is 2.10 bits per heavy atom. The van der Waals surface area contributed by atoms with E-state index in [2.05, 4.69) is 4.90 Å². The first-order valence-corrected chi connectivity index (χ1v) is 4.22. The maximum Gasteiger partial charge on any atom is 0.0960 e. The quantitative estimate of drug-likeness (QED) is 0.585. The predicted octanol–water partition coefficient (Wildman–Crippen LogP) is 1.61. The number of hydrogen-bond acceptors (Lipinski definition) is 1. The SMILES string of the molecule is N=C1CCCN1C1CCC1. The van der Waals surface area contributed by atoms with Crippen LogP contribution in [0, 0.1) is 5.41 Å². The fourth-order valence-corrected chi connectivity index (χ4v) is 1.80. The second-order valence-electron chi connectivity index (χ2n) is 3.33. The Morgan fingerprint density at radius 1 is 1.30 bits per heavy atom. The van der Waals surface area contributed by atoms with Crippen LogP contribution >= 0.6 is 0 Å². The van der Waals surface area contributed by atoms with Gasteiger partial charge in [0.1, 0.15) is 0 Å². The molecule has 0 aromatic heterocycles. The molecule has 0 aromatic rings. The molecule has 2 fully saturated rings. The lowest BCUT2D eigenvalue weighted by atomic mass is 9.92. The Balaban J connectivity index is 1.96. The summed E-state index contributed by atoms with van der Waals surface area (Å²) in [5.41, 5.74) is 0. The van der Waals surface area contributed by atoms with Crippen molar-refractivity contribution in [3.63, 3.8) is 0 Å². The molecule has 2 heteroatoms. The van der Waals surface area contributed by atoms with Crippen molar-refractivity contribution in [2.45, 2.75) is 38.1 Å². The third-order valence-electron chi connectivity index (χ3n) is 2.67. The van der Waals surface area contributed by atoms with E-state index in [1.165, 1.54) is 25.7 Å². The van der Waals surface area contributed by atoms with Gasteiger partial charge in [0.05, 0.1) is 5.84 Å². The van der Waals surface area contributed by atoms with Gasteiger partial charge in [-0.3, -0.25) is 5.41 Å². The van der Waals surface area contributed by atoms with Crippen LogP contribution < -0.4 is 0 Å². The largest absolute Gasteiger partial charge is 0.358 e. The van der Waals surface area contributed by atoms with Crippen LogP contribution in [0.5, 0.6) is 0 Å². The monoisotopic (exact) mass is 138 g/mol. The summed E-state index contributed by atoms with van der Waals surface area (Å²) in [7, 11) is 0. The van der Waals surface area contributed by atoms with Crippen LogP contribution in [0.1, 0.15) is 32.1 Å². The molecule has 2 rings (SSSR count). The summed E-state index contributed by atoms with van der Waals surface area (Å²) >= 11 is 0. The molecule has 1 heterocycles. The topological polar surface area (TPSA) is 27.1 Å². The Bertz CT molecular complexity index is 149. The minimum absolute atomic E-state index is 0.759. The number of amidine groups is 1. The van der Waals surface area contributed by atoms with Crippen LogP contribution in [0.4, 0.5) is 0 Å². The first kappa shape index (κ1) is 6.20. The minimum atomic E-state index is 0.759. The van der Waals surface area contributed by atoms with Crippen molar-refractivity contribution in [1.82, 2.24) is 4.90 Å². The molecule has 0 aromatic carbocycles. The van der Waals surface area contributed by atoms with Crippen molar-refractivity contribution in [3.05, 3.63) is 0 Å². The average Bonchev–Trinajstić information content (AvgIpc) is 2.12. The van der Waals surface area contributed by atoms with E-state index in [1.54, 1.807) is 0 Å². The summed E-state index contributed by atoms with van der Waals surface area (Å²) in [6.45, 7) is 1.16. The molecule has 0 unspecified atom stereocenters. The van der Waals surface area contributed by atoms with E-state index in [4.69, 9.17) is 5.41 Å². The number of nitrogens with zero attached hydrogens (tertiary/aromatic N) is 1. The second-order valence-corrected chi connectivity index (χ2v) is 3.33. The number of hydrogen-bond donors (Lipinski definition) is 1. The standard InChI is InChI=1S/C8H14N2/c9-8-5-2-6-10(8)7-3-1-4-7/h7,9H,1-6H2. The van der Waals surface area contributed by atoms with Gasteiger partial charge in [-0.05, 0) is 25.7 Å². The van der Waals surface area contributed by atoms with Gasteiger partial charge in [-0.2, -0.15) is 0 Å². The van der Waals surface area contributed by atoms with Crippen molar-refractivity contribution in [3.8, 4) is 0 Å². The fraction of sp³-hybridized carbons (Fsp3) is 0.875. The van der Waals surface area contributed by atoms with E-state index in [0.29, 0.717) is 0 Å². The summed E-state index contributed by atoms with van der Waals surface area (Å²) in [6.07, 6.45) is 6.30. The molecule has 0 amide bonds. The first-order valence-electron chi connectivity index (χ1n) is 4.22. The van der Waals surface area contributed by atoms with Crippen molar-refractivity contribution in [1.29, 1.82) is 5.41 Å². The third kappa shape index (κ3) is 0.825. The molecule has 0 spiro atoms. The van der Waals surface area contributed by atoms with Crippen molar-refractivity contribution in [2.75, 3.05) is 6.54 Å². The Morgan fingerprint density at radius 3 is 2.50 bits per heavy atom. The van der Waals surface area contributed by atoms with Gasteiger partial charge in [-0.15, -0.1) is 0 Å². The first-order chi connectivity index (χ1) is 4.88. The zero-order chi connectivity index (χ0) is 6.97. The molecule has 1 aliphatic carbocycles. The number of rotatable bonds is 1. The van der Waals surface area contributed by atoms with Gasteiger partial charge in [0.15, 0.2) is 0 Å². The van der Waals surface area contributed by atoms with Crippen molar-refractivity contribution in [2.24, 2.45) is 0 Å². The third-order valence-corrected chi connectivity index (χ3v) is 2.67. The summed E-state index contributed by atoms with van der Waals surface area (Å²) in [5, 5.41) is 7.60. The van der Waals surface area contributed by atoms with Crippen LogP contribution in [0.25, 0.3) is 0 Å². The normalized spacial score (nSPS) is 27.2. The van der Waals surface area contributed by atoms with E-state index in [-0.39, 0.29) is 0 Å². The molecule has 0 atom stereocenters. The molecule has 0 radical (unpaired) electrons. The molecular weight excluding hydrogens is 124 g/mol. The highest BCUT2D eigenvalue weighted by molar-refractivity contribution is 5.81. The maximum absolute atomic E-state index is 7.60. The second kappa shape index (κ2) is 2.26. The average molecular weight is 138 g/mol. The molecule has 1 saturated heterocycles. The Labute approximate surface area is 61.7 Å². The van der Waals surface area contributed by atoms with Crippen LogP contribution in [0.15, 0.2) is 0 Å². The Kier molecular flexibility index (Phi) is 1.40. The molecular formula is C8H14N2. The van der Waals surface area contributed by atoms with Crippen LogP contribution in [-0.2, 0) is 0 Å². The highest BCUT2D eigenvalue weighted by Crippen LogP contribution is 2.28. The molecule has 1 aliphatic heterocycles. The van der Waals surface area contributed by atoms with E-state index >= 15 is 0 Å². The van der Waals surface area contributed by atoms with Gasteiger partial charge >= 0.3 is 0 Å². The molecule has 0 bridgehead atoms. The number of nitrogens with one attached hydrogen (secondary N) is 1. The van der Waals surface area contributed by atoms with E-state index in [1.807, 2.05) is 0 Å². The minimum Gasteiger partial charge on any atom is -0.358 e. The summed E-state index contributed by atoms with van der Waals surface area (Å²) in [4.78, 5) is 2.30. The lowest BCUT2D eigenvalue weighted by Gasteiger charge is -2.35. The molecule has 10 heavy (non-hydrogen) atoms. The molecule has 56 valence electrons. The number of likely N-dealkylation sites (tertiary alicyclic amines) is 1. The molecule has 2 aliphatic rings. The van der Waals surface area contributed by atoms with E-state index < -0.39 is 0 Å². The predicted molar refractivity (Wildman–Crippen MR) is 41.3 cm³/mol. The maximum atomic E-state index is 7.60. The smallest absolute Gasteiger partial charge is 0.0960 e. The van der Waals surface area contributed by atoms with E-state index in [0.717, 1.165) is 24.8 Å². The van der Waals surface area contributed by atoms with E-state index in [9.17, 15) is 0 Å². The summed E-state index contributed by atoms with van der Waals surface area (Å²) in [6, 6.07) is 0.759. The molecule has 2 nitrogen and oxygen atoms in total. The fourth-order valence-electron chi connectivity index (χ4n) is 1.80. The van der Waals surface area contributed by atoms with Gasteiger partial charge in [0.2, 0.25) is 0 Å². The lowest BCUT2D eigenvalue weighted by Crippen LogP contribution is -2.40.